The summed E-state index contributed by atoms with van der Waals surface area (Å²) in [4.78, 5) is 31.2. The zero-order chi connectivity index (χ0) is 11.5. The SMILES string of the molecule is Cc1nc(N2CCCCC2)[nH]c(=O)c1C=O. The van der Waals surface area contributed by atoms with Crippen molar-refractivity contribution < 1.29 is 4.79 Å². The molecule has 0 spiro atoms. The summed E-state index contributed by atoms with van der Waals surface area (Å²) < 4.78 is 0. The molecule has 0 unspecified atom stereocenters. The molecule has 1 saturated heterocycles. The van der Waals surface area contributed by atoms with Gasteiger partial charge in [0, 0.05) is 13.1 Å². The lowest BCUT2D eigenvalue weighted by atomic mass is 10.1. The predicted octanol–water partition coefficient (Wildman–Crippen LogP) is 0.881. The molecule has 0 amide bonds. The number of hydrogen-bond donors (Lipinski definition) is 1. The maximum absolute atomic E-state index is 11.6. The Balaban J connectivity index is 2.35. The summed E-state index contributed by atoms with van der Waals surface area (Å²) in [6, 6.07) is 0. The maximum atomic E-state index is 11.6. The maximum Gasteiger partial charge on any atom is 0.263 e. The molecule has 0 saturated carbocycles. The van der Waals surface area contributed by atoms with E-state index in [0.29, 0.717) is 17.9 Å². The van der Waals surface area contributed by atoms with Gasteiger partial charge in [-0.3, -0.25) is 14.6 Å². The summed E-state index contributed by atoms with van der Waals surface area (Å²) in [5, 5.41) is 0. The van der Waals surface area contributed by atoms with Crippen LogP contribution in [0.4, 0.5) is 5.95 Å². The number of H-pyrrole nitrogens is 1. The largest absolute Gasteiger partial charge is 0.342 e. The number of nitrogens with one attached hydrogen (secondary N) is 1. The lowest BCUT2D eigenvalue weighted by Crippen LogP contribution is -2.33. The molecule has 1 aliphatic rings. The smallest absolute Gasteiger partial charge is 0.263 e. The molecule has 5 heteroatoms. The zero-order valence-electron chi connectivity index (χ0n) is 9.32. The van der Waals surface area contributed by atoms with E-state index in [1.54, 1.807) is 6.92 Å². The van der Waals surface area contributed by atoms with Gasteiger partial charge in [0.1, 0.15) is 5.56 Å². The molecule has 0 aliphatic carbocycles. The highest BCUT2D eigenvalue weighted by Gasteiger charge is 2.15. The van der Waals surface area contributed by atoms with Crippen LogP contribution >= 0.6 is 0 Å². The van der Waals surface area contributed by atoms with Crippen LogP contribution in [0.2, 0.25) is 0 Å². The number of aromatic nitrogens is 2. The lowest BCUT2D eigenvalue weighted by Gasteiger charge is -2.27. The molecule has 1 fully saturated rings. The summed E-state index contributed by atoms with van der Waals surface area (Å²) in [5.41, 5.74) is 0.281. The van der Waals surface area contributed by atoms with Gasteiger partial charge in [-0.15, -0.1) is 0 Å². The average molecular weight is 221 g/mol. The van der Waals surface area contributed by atoms with E-state index in [1.165, 1.54) is 6.42 Å². The first kappa shape index (κ1) is 10.9. The quantitative estimate of drug-likeness (QED) is 0.753. The van der Waals surface area contributed by atoms with Crippen LogP contribution < -0.4 is 10.5 Å². The fourth-order valence-electron chi connectivity index (χ4n) is 1.97. The molecular formula is C11H15N3O2. The average Bonchev–Trinajstić information content (AvgIpc) is 2.30. The minimum Gasteiger partial charge on any atom is -0.342 e. The van der Waals surface area contributed by atoms with Gasteiger partial charge in [0.15, 0.2) is 6.29 Å². The van der Waals surface area contributed by atoms with Crippen LogP contribution in [0.3, 0.4) is 0 Å². The number of aryl methyl sites for hydroxylation is 1. The molecule has 0 aromatic carbocycles. The molecule has 5 nitrogen and oxygen atoms in total. The number of carbonyl (C=O) groups excluding carboxylic acids is 1. The van der Waals surface area contributed by atoms with Crippen molar-refractivity contribution in [2.75, 3.05) is 18.0 Å². The molecule has 1 aromatic heterocycles. The summed E-state index contributed by atoms with van der Waals surface area (Å²) in [5.74, 6) is 0.591. The van der Waals surface area contributed by atoms with E-state index in [-0.39, 0.29) is 11.1 Å². The van der Waals surface area contributed by atoms with Gasteiger partial charge in [-0.2, -0.15) is 0 Å². The second-order valence-electron chi connectivity index (χ2n) is 4.05. The molecular weight excluding hydrogens is 206 g/mol. The third kappa shape index (κ3) is 1.98. The van der Waals surface area contributed by atoms with Gasteiger partial charge in [0.2, 0.25) is 5.95 Å². The Labute approximate surface area is 93.5 Å². The fraction of sp³-hybridized carbons (Fsp3) is 0.545. The zero-order valence-corrected chi connectivity index (χ0v) is 9.32. The number of rotatable bonds is 2. The van der Waals surface area contributed by atoms with Crippen LogP contribution in [0.25, 0.3) is 0 Å². The van der Waals surface area contributed by atoms with Gasteiger partial charge >= 0.3 is 0 Å². The Bertz CT molecular complexity index is 447. The summed E-state index contributed by atoms with van der Waals surface area (Å²) in [7, 11) is 0. The summed E-state index contributed by atoms with van der Waals surface area (Å²) in [6.07, 6.45) is 4.03. The summed E-state index contributed by atoms with van der Waals surface area (Å²) >= 11 is 0. The Morgan fingerprint density at radius 3 is 2.56 bits per heavy atom. The Morgan fingerprint density at radius 2 is 2.00 bits per heavy atom. The number of aldehydes is 1. The van der Waals surface area contributed by atoms with E-state index >= 15 is 0 Å². The molecule has 0 radical (unpaired) electrons. The topological polar surface area (TPSA) is 66.1 Å². The van der Waals surface area contributed by atoms with E-state index in [2.05, 4.69) is 14.9 Å². The highest BCUT2D eigenvalue weighted by Crippen LogP contribution is 2.14. The van der Waals surface area contributed by atoms with E-state index < -0.39 is 0 Å². The van der Waals surface area contributed by atoms with Gasteiger partial charge in [-0.25, -0.2) is 4.98 Å². The van der Waals surface area contributed by atoms with E-state index in [0.717, 1.165) is 25.9 Å². The van der Waals surface area contributed by atoms with Crippen molar-refractivity contribution in [3.8, 4) is 0 Å². The molecule has 0 atom stereocenters. The predicted molar refractivity (Wildman–Crippen MR) is 61.0 cm³/mol. The van der Waals surface area contributed by atoms with Crippen LogP contribution in [0.15, 0.2) is 4.79 Å². The van der Waals surface area contributed by atoms with Crippen LogP contribution in [-0.2, 0) is 0 Å². The van der Waals surface area contributed by atoms with Crippen LogP contribution in [0, 0.1) is 6.92 Å². The third-order valence-corrected chi connectivity index (χ3v) is 2.91. The molecule has 86 valence electrons. The van der Waals surface area contributed by atoms with Crippen molar-refractivity contribution in [1.82, 2.24) is 9.97 Å². The van der Waals surface area contributed by atoms with Crippen molar-refractivity contribution in [3.05, 3.63) is 21.6 Å². The van der Waals surface area contributed by atoms with Crippen molar-refractivity contribution in [3.63, 3.8) is 0 Å². The highest BCUT2D eigenvalue weighted by molar-refractivity contribution is 5.75. The second-order valence-corrected chi connectivity index (χ2v) is 4.05. The minimum atomic E-state index is -0.344. The first-order chi connectivity index (χ1) is 7.72. The van der Waals surface area contributed by atoms with Gasteiger partial charge in [-0.1, -0.05) is 0 Å². The monoisotopic (exact) mass is 221 g/mol. The molecule has 1 N–H and O–H groups in total. The minimum absolute atomic E-state index is 0.126. The number of anilines is 1. The van der Waals surface area contributed by atoms with Gasteiger partial charge in [0.25, 0.3) is 5.56 Å². The molecule has 1 aromatic rings. The standard InChI is InChI=1S/C11H15N3O2/c1-8-9(7-15)10(16)13-11(12-8)14-5-3-2-4-6-14/h7H,2-6H2,1H3,(H,12,13,16). The van der Waals surface area contributed by atoms with Crippen molar-refractivity contribution >= 4 is 12.2 Å². The normalized spacial score (nSPS) is 16.2. The van der Waals surface area contributed by atoms with Crippen LogP contribution in [0.5, 0.6) is 0 Å². The summed E-state index contributed by atoms with van der Waals surface area (Å²) in [6.45, 7) is 3.53. The van der Waals surface area contributed by atoms with Crippen molar-refractivity contribution in [1.29, 1.82) is 0 Å². The lowest BCUT2D eigenvalue weighted by molar-refractivity contribution is 0.112. The molecule has 16 heavy (non-hydrogen) atoms. The third-order valence-electron chi connectivity index (χ3n) is 2.91. The van der Waals surface area contributed by atoms with Crippen molar-refractivity contribution in [2.45, 2.75) is 26.2 Å². The highest BCUT2D eigenvalue weighted by atomic mass is 16.1. The number of piperidine rings is 1. The number of hydrogen-bond acceptors (Lipinski definition) is 4. The number of aromatic amines is 1. The Kier molecular flexibility index (Phi) is 3.03. The van der Waals surface area contributed by atoms with Gasteiger partial charge < -0.3 is 4.90 Å². The molecule has 1 aliphatic heterocycles. The first-order valence-electron chi connectivity index (χ1n) is 5.53. The Morgan fingerprint density at radius 1 is 1.31 bits per heavy atom. The van der Waals surface area contributed by atoms with E-state index in [4.69, 9.17) is 0 Å². The molecule has 2 rings (SSSR count). The molecule has 0 bridgehead atoms. The molecule has 2 heterocycles. The van der Waals surface area contributed by atoms with E-state index in [9.17, 15) is 9.59 Å². The van der Waals surface area contributed by atoms with E-state index in [1.807, 2.05) is 0 Å². The van der Waals surface area contributed by atoms with Gasteiger partial charge in [-0.05, 0) is 26.2 Å². The fourth-order valence-corrected chi connectivity index (χ4v) is 1.97. The number of nitrogens with zero attached hydrogens (tertiary/aromatic N) is 2. The number of carbonyl (C=O) groups is 1. The Hall–Kier alpha value is -1.65. The van der Waals surface area contributed by atoms with Crippen LogP contribution in [-0.4, -0.2) is 29.3 Å². The van der Waals surface area contributed by atoms with Crippen molar-refractivity contribution in [2.24, 2.45) is 0 Å². The first-order valence-corrected chi connectivity index (χ1v) is 5.53. The second kappa shape index (κ2) is 4.47. The van der Waals surface area contributed by atoms with Gasteiger partial charge in [0.05, 0.1) is 5.69 Å². The van der Waals surface area contributed by atoms with Crippen LogP contribution in [0.1, 0.15) is 35.3 Å².